The second-order valence-electron chi connectivity index (χ2n) is 13.5. The number of hydrogen-bond donors (Lipinski definition) is 3. The summed E-state index contributed by atoms with van der Waals surface area (Å²) < 4.78 is 20.7. The predicted octanol–water partition coefficient (Wildman–Crippen LogP) is 4.51. The summed E-state index contributed by atoms with van der Waals surface area (Å²) in [4.78, 5) is 49.9. The maximum Gasteiger partial charge on any atom is 0.258 e. The van der Waals surface area contributed by atoms with Crippen LogP contribution >= 0.6 is 11.6 Å². The van der Waals surface area contributed by atoms with E-state index < -0.39 is 29.1 Å². The monoisotopic (exact) mass is 700 g/mol. The molecule has 14 heteroatoms. The highest BCUT2D eigenvalue weighted by atomic mass is 35.5. The van der Waals surface area contributed by atoms with Crippen molar-refractivity contribution in [1.82, 2.24) is 25.1 Å². The summed E-state index contributed by atoms with van der Waals surface area (Å²) in [7, 11) is 0. The Labute approximate surface area is 294 Å². The third-order valence-electron chi connectivity index (χ3n) is 10.2. The molecule has 6 heterocycles. The first kappa shape index (κ1) is 33.8. The Hall–Kier alpha value is -4.64. The molecule has 260 valence electrons. The molecule has 12 nitrogen and oxygen atoms in total. The molecular formula is C36H38ClFN8O4. The number of nitriles is 1. The SMILES string of the molecule is N#CC1(CNc2cccc(-c3cc(NC4CCN(Cc5cc(F)c6c(c5)CN(C5CCC(=O)NC5=O)C6=O)CC4)ncc3Cl)n2)CCOCC1. The van der Waals surface area contributed by atoms with Gasteiger partial charge in [-0.15, -0.1) is 0 Å². The first-order chi connectivity index (χ1) is 24.2. The van der Waals surface area contributed by atoms with Crippen LogP contribution in [0.1, 0.15) is 60.0 Å². The number of aromatic nitrogens is 2. The molecule has 1 unspecified atom stereocenters. The lowest BCUT2D eigenvalue weighted by Crippen LogP contribution is -2.52. The number of rotatable bonds is 9. The summed E-state index contributed by atoms with van der Waals surface area (Å²) in [6.07, 6.45) is 5.06. The van der Waals surface area contributed by atoms with Crippen LogP contribution in [0.2, 0.25) is 5.02 Å². The predicted molar refractivity (Wildman–Crippen MR) is 183 cm³/mol. The highest BCUT2D eigenvalue weighted by molar-refractivity contribution is 6.33. The summed E-state index contributed by atoms with van der Waals surface area (Å²) >= 11 is 6.59. The number of piperidine rings is 2. The number of imide groups is 1. The third kappa shape index (κ3) is 7.14. The number of nitrogens with one attached hydrogen (secondary N) is 3. The molecule has 3 saturated heterocycles. The molecule has 1 atom stereocenters. The van der Waals surface area contributed by atoms with Crippen molar-refractivity contribution < 1.29 is 23.5 Å². The largest absolute Gasteiger partial charge is 0.381 e. The number of ether oxygens (including phenoxy) is 1. The van der Waals surface area contributed by atoms with Crippen molar-refractivity contribution in [3.05, 3.63) is 70.1 Å². The molecule has 7 rings (SSSR count). The molecule has 3 amide bonds. The van der Waals surface area contributed by atoms with Gasteiger partial charge in [-0.1, -0.05) is 23.7 Å². The molecule has 3 fully saturated rings. The van der Waals surface area contributed by atoms with Crippen molar-refractivity contribution >= 4 is 41.0 Å². The molecule has 3 aromatic rings. The minimum atomic E-state index is -0.781. The number of likely N-dealkylation sites (tertiary alicyclic amines) is 1. The number of halogens is 2. The maximum absolute atomic E-state index is 15.2. The van der Waals surface area contributed by atoms with Crippen LogP contribution in [0.4, 0.5) is 16.0 Å². The molecule has 3 N–H and O–H groups in total. The average molecular weight is 701 g/mol. The number of carbonyl (C=O) groups is 3. The minimum Gasteiger partial charge on any atom is -0.381 e. The zero-order valence-corrected chi connectivity index (χ0v) is 28.3. The zero-order chi connectivity index (χ0) is 34.8. The van der Waals surface area contributed by atoms with Crippen LogP contribution in [-0.4, -0.2) is 82.4 Å². The minimum absolute atomic E-state index is 0.0109. The quantitative estimate of drug-likeness (QED) is 0.272. The van der Waals surface area contributed by atoms with Gasteiger partial charge < -0.3 is 20.3 Å². The van der Waals surface area contributed by atoms with E-state index in [2.05, 4.69) is 31.9 Å². The van der Waals surface area contributed by atoms with Crippen LogP contribution in [0.3, 0.4) is 0 Å². The van der Waals surface area contributed by atoms with Gasteiger partial charge in [0.15, 0.2) is 0 Å². The van der Waals surface area contributed by atoms with Gasteiger partial charge in [-0.25, -0.2) is 14.4 Å². The summed E-state index contributed by atoms with van der Waals surface area (Å²) in [6, 6.07) is 12.7. The molecule has 0 aliphatic carbocycles. The summed E-state index contributed by atoms with van der Waals surface area (Å²) in [5.41, 5.74) is 2.32. The molecule has 1 aromatic carbocycles. The number of carbonyl (C=O) groups excluding carboxylic acids is 3. The second kappa shape index (κ2) is 14.3. The molecule has 2 aromatic heterocycles. The van der Waals surface area contributed by atoms with Gasteiger partial charge in [-0.3, -0.25) is 24.6 Å². The standard InChI is InChI=1S/C36H38ClFN8O4/c37-26-17-40-31(16-25(26)28-2-1-3-30(43-28)41-21-36(20-39)8-12-50-13-9-36)42-24-6-10-45(11-7-24)18-22-14-23-19-46(35(49)33(23)27(38)15-22)29-4-5-32(47)44-34(29)48/h1-3,14-17,24,29H,4-13,18-19,21H2,(H,40,42)(H,41,43)(H,44,47,48). The van der Waals surface area contributed by atoms with Gasteiger partial charge in [0.1, 0.15) is 23.5 Å². The Morgan fingerprint density at radius 2 is 1.90 bits per heavy atom. The van der Waals surface area contributed by atoms with Crippen molar-refractivity contribution in [2.24, 2.45) is 5.41 Å². The first-order valence-electron chi connectivity index (χ1n) is 17.0. The smallest absolute Gasteiger partial charge is 0.258 e. The molecule has 0 spiro atoms. The normalized spacial score (nSPS) is 21.0. The maximum atomic E-state index is 15.2. The molecule has 50 heavy (non-hydrogen) atoms. The summed E-state index contributed by atoms with van der Waals surface area (Å²) in [6.45, 7) is 3.89. The van der Waals surface area contributed by atoms with E-state index in [1.165, 1.54) is 11.0 Å². The summed E-state index contributed by atoms with van der Waals surface area (Å²) in [5.74, 6) is -0.607. The second-order valence-corrected chi connectivity index (χ2v) is 13.9. The van der Waals surface area contributed by atoms with Gasteiger partial charge >= 0.3 is 0 Å². The number of fused-ring (bicyclic) bond motifs is 1. The Balaban J connectivity index is 0.946. The molecule has 0 bridgehead atoms. The van der Waals surface area contributed by atoms with Crippen LogP contribution in [0.15, 0.2) is 42.6 Å². The topological polar surface area (TPSA) is 153 Å². The Morgan fingerprint density at radius 1 is 1.10 bits per heavy atom. The van der Waals surface area contributed by atoms with Crippen LogP contribution in [0.25, 0.3) is 11.3 Å². The van der Waals surface area contributed by atoms with Crippen LogP contribution < -0.4 is 16.0 Å². The number of anilines is 2. The van der Waals surface area contributed by atoms with E-state index in [0.717, 1.165) is 37.1 Å². The van der Waals surface area contributed by atoms with Crippen LogP contribution in [0.5, 0.6) is 0 Å². The van der Waals surface area contributed by atoms with E-state index in [0.29, 0.717) is 67.1 Å². The van der Waals surface area contributed by atoms with Gasteiger partial charge in [0, 0.05) is 70.2 Å². The Kier molecular flexibility index (Phi) is 9.68. The lowest BCUT2D eigenvalue weighted by Gasteiger charge is -2.32. The van der Waals surface area contributed by atoms with E-state index in [-0.39, 0.29) is 36.9 Å². The van der Waals surface area contributed by atoms with Crippen molar-refractivity contribution in [1.29, 1.82) is 5.26 Å². The molecule has 4 aliphatic rings. The van der Waals surface area contributed by atoms with Crippen molar-refractivity contribution in [3.63, 3.8) is 0 Å². The van der Waals surface area contributed by atoms with E-state index in [1.807, 2.05) is 30.3 Å². The van der Waals surface area contributed by atoms with Gasteiger partial charge in [-0.2, -0.15) is 5.26 Å². The van der Waals surface area contributed by atoms with Gasteiger partial charge in [0.25, 0.3) is 5.91 Å². The van der Waals surface area contributed by atoms with Gasteiger partial charge in [0.2, 0.25) is 11.8 Å². The Morgan fingerprint density at radius 3 is 2.66 bits per heavy atom. The van der Waals surface area contributed by atoms with E-state index in [4.69, 9.17) is 21.3 Å². The van der Waals surface area contributed by atoms with Crippen molar-refractivity contribution in [2.75, 3.05) is 43.5 Å². The first-order valence-corrected chi connectivity index (χ1v) is 17.4. The highest BCUT2D eigenvalue weighted by Crippen LogP contribution is 2.33. The molecular weight excluding hydrogens is 663 g/mol. The van der Waals surface area contributed by atoms with E-state index >= 15 is 4.39 Å². The lowest BCUT2D eigenvalue weighted by molar-refractivity contribution is -0.136. The molecule has 0 radical (unpaired) electrons. The fraction of sp³-hybridized carbons (Fsp3) is 0.444. The zero-order valence-electron chi connectivity index (χ0n) is 27.5. The number of amides is 3. The number of hydrogen-bond acceptors (Lipinski definition) is 10. The molecule has 4 aliphatic heterocycles. The Bertz CT molecular complexity index is 1850. The van der Waals surface area contributed by atoms with Gasteiger partial charge in [0.05, 0.1) is 27.8 Å². The third-order valence-corrected chi connectivity index (χ3v) is 10.5. The molecule has 0 saturated carbocycles. The van der Waals surface area contributed by atoms with Crippen molar-refractivity contribution in [3.8, 4) is 17.3 Å². The lowest BCUT2D eigenvalue weighted by atomic mass is 9.82. The fourth-order valence-electron chi connectivity index (χ4n) is 7.26. The number of benzene rings is 1. The number of nitrogens with zero attached hydrogens (tertiary/aromatic N) is 5. The van der Waals surface area contributed by atoms with Crippen LogP contribution in [0, 0.1) is 22.6 Å². The average Bonchev–Trinajstić information content (AvgIpc) is 3.45. The highest BCUT2D eigenvalue weighted by Gasteiger charge is 2.40. The fourth-order valence-corrected chi connectivity index (χ4v) is 7.46. The summed E-state index contributed by atoms with van der Waals surface area (Å²) in [5, 5.41) is 19.4. The van der Waals surface area contributed by atoms with Crippen LogP contribution in [-0.2, 0) is 27.4 Å². The van der Waals surface area contributed by atoms with E-state index in [1.54, 1.807) is 6.20 Å². The van der Waals surface area contributed by atoms with E-state index in [9.17, 15) is 19.6 Å². The van der Waals surface area contributed by atoms with Crippen molar-refractivity contribution in [2.45, 2.75) is 63.7 Å². The van der Waals surface area contributed by atoms with Gasteiger partial charge in [-0.05, 0) is 67.5 Å². The number of pyridine rings is 2.